The largest absolute Gasteiger partial charge is 0.350 e. The van der Waals surface area contributed by atoms with Crippen LogP contribution in [-0.2, 0) is 4.79 Å². The van der Waals surface area contributed by atoms with Gasteiger partial charge in [0, 0.05) is 19.2 Å². The summed E-state index contributed by atoms with van der Waals surface area (Å²) in [4.78, 5) is 28.2. The molecule has 2 amide bonds. The number of hydrogen-bond acceptors (Lipinski definition) is 5. The number of hydroxylamine groups is 1. The fraction of sp³-hybridized carbons (Fsp3) is 0.389. The lowest BCUT2D eigenvalue weighted by Crippen LogP contribution is -2.24. The summed E-state index contributed by atoms with van der Waals surface area (Å²) >= 11 is 1.39. The van der Waals surface area contributed by atoms with Crippen LogP contribution in [0.4, 0.5) is 0 Å². The van der Waals surface area contributed by atoms with Crippen molar-refractivity contribution in [1.82, 2.24) is 15.8 Å². The molecule has 134 valence electrons. The van der Waals surface area contributed by atoms with Gasteiger partial charge in [0.05, 0.1) is 4.88 Å². The van der Waals surface area contributed by atoms with Gasteiger partial charge in [0.1, 0.15) is 0 Å². The second kappa shape index (κ2) is 9.90. The van der Waals surface area contributed by atoms with E-state index in [1.807, 2.05) is 25.1 Å². The Balaban J connectivity index is 1.70. The van der Waals surface area contributed by atoms with Gasteiger partial charge in [-0.1, -0.05) is 42.7 Å². The number of rotatable bonds is 9. The Bertz CT molecular complexity index is 715. The van der Waals surface area contributed by atoms with E-state index >= 15 is 0 Å². The van der Waals surface area contributed by atoms with Crippen LogP contribution in [0.1, 0.15) is 47.5 Å². The maximum Gasteiger partial charge on any atom is 0.280 e. The van der Waals surface area contributed by atoms with Crippen LogP contribution in [0.15, 0.2) is 30.5 Å². The first-order chi connectivity index (χ1) is 12.1. The van der Waals surface area contributed by atoms with Gasteiger partial charge in [0.2, 0.25) is 5.91 Å². The fourth-order valence-electron chi connectivity index (χ4n) is 2.41. The first-order valence-electron chi connectivity index (χ1n) is 8.34. The molecule has 0 aliphatic rings. The zero-order valence-corrected chi connectivity index (χ0v) is 15.1. The highest BCUT2D eigenvalue weighted by Crippen LogP contribution is 2.26. The van der Waals surface area contributed by atoms with Crippen LogP contribution in [0.25, 0.3) is 10.4 Å². The van der Waals surface area contributed by atoms with E-state index in [2.05, 4.69) is 16.4 Å². The quantitative estimate of drug-likeness (QED) is 0.363. The Morgan fingerprint density at radius 2 is 2.00 bits per heavy atom. The van der Waals surface area contributed by atoms with Crippen molar-refractivity contribution >= 4 is 23.2 Å². The predicted molar refractivity (Wildman–Crippen MR) is 97.6 cm³/mol. The van der Waals surface area contributed by atoms with Gasteiger partial charge >= 0.3 is 0 Å². The highest BCUT2D eigenvalue weighted by molar-refractivity contribution is 7.16. The third-order valence-electron chi connectivity index (χ3n) is 3.74. The lowest BCUT2D eigenvalue weighted by atomic mass is 10.1. The first kappa shape index (κ1) is 19.1. The van der Waals surface area contributed by atoms with E-state index in [-0.39, 0.29) is 11.8 Å². The van der Waals surface area contributed by atoms with Crippen LogP contribution in [0, 0.1) is 6.92 Å². The molecule has 3 N–H and O–H groups in total. The van der Waals surface area contributed by atoms with Crippen LogP contribution >= 0.6 is 11.3 Å². The number of aromatic nitrogens is 1. The Morgan fingerprint density at radius 1 is 1.20 bits per heavy atom. The van der Waals surface area contributed by atoms with Crippen LogP contribution in [0.3, 0.4) is 0 Å². The number of benzene rings is 1. The molecule has 7 heteroatoms. The molecular formula is C18H23N3O3S. The number of hydrogen-bond donors (Lipinski definition) is 3. The molecule has 0 spiro atoms. The summed E-state index contributed by atoms with van der Waals surface area (Å²) in [5.74, 6) is -0.509. The molecule has 0 fully saturated rings. The van der Waals surface area contributed by atoms with Crippen molar-refractivity contribution in [2.45, 2.75) is 39.0 Å². The van der Waals surface area contributed by atoms with E-state index in [1.54, 1.807) is 11.7 Å². The van der Waals surface area contributed by atoms with Crippen LogP contribution in [0.5, 0.6) is 0 Å². The van der Waals surface area contributed by atoms with Gasteiger partial charge in [-0.05, 0) is 25.3 Å². The van der Waals surface area contributed by atoms with E-state index in [0.29, 0.717) is 18.0 Å². The maximum absolute atomic E-state index is 12.1. The number of carbonyl (C=O) groups is 2. The van der Waals surface area contributed by atoms with Crippen molar-refractivity contribution in [2.24, 2.45) is 0 Å². The van der Waals surface area contributed by atoms with E-state index in [4.69, 9.17) is 5.21 Å². The number of nitrogens with one attached hydrogen (secondary N) is 2. The number of aryl methyl sites for hydroxylation is 1. The summed E-state index contributed by atoms with van der Waals surface area (Å²) in [6.07, 6.45) is 5.45. The minimum Gasteiger partial charge on any atom is -0.350 e. The highest BCUT2D eigenvalue weighted by Gasteiger charge is 2.11. The zero-order chi connectivity index (χ0) is 18.1. The monoisotopic (exact) mass is 361 g/mol. The average molecular weight is 361 g/mol. The minimum absolute atomic E-state index is 0.149. The second-order valence-corrected chi connectivity index (χ2v) is 6.88. The molecule has 0 radical (unpaired) electrons. The number of nitrogens with zero attached hydrogens (tertiary/aromatic N) is 1. The van der Waals surface area contributed by atoms with E-state index in [9.17, 15) is 9.59 Å². The summed E-state index contributed by atoms with van der Waals surface area (Å²) in [6, 6.07) is 8.12. The summed E-state index contributed by atoms with van der Waals surface area (Å²) in [6.45, 7) is 2.62. The van der Waals surface area contributed by atoms with Gasteiger partial charge in [0.15, 0.2) is 5.01 Å². The van der Waals surface area contributed by atoms with Gasteiger partial charge < -0.3 is 5.32 Å². The normalized spacial score (nSPS) is 10.5. The average Bonchev–Trinajstić information content (AvgIpc) is 3.10. The van der Waals surface area contributed by atoms with E-state index in [0.717, 1.165) is 36.1 Å². The van der Waals surface area contributed by atoms with E-state index < -0.39 is 0 Å². The van der Waals surface area contributed by atoms with Gasteiger partial charge in [-0.15, -0.1) is 11.3 Å². The van der Waals surface area contributed by atoms with Gasteiger partial charge in [-0.25, -0.2) is 10.5 Å². The Kier molecular flexibility index (Phi) is 7.56. The van der Waals surface area contributed by atoms with Crippen molar-refractivity contribution in [3.8, 4) is 10.4 Å². The third-order valence-corrected chi connectivity index (χ3v) is 4.79. The number of thiazole rings is 1. The van der Waals surface area contributed by atoms with Crippen LogP contribution < -0.4 is 10.8 Å². The second-order valence-electron chi connectivity index (χ2n) is 5.85. The third kappa shape index (κ3) is 6.28. The highest BCUT2D eigenvalue weighted by atomic mass is 32.1. The molecule has 0 unspecified atom stereocenters. The summed E-state index contributed by atoms with van der Waals surface area (Å²) in [5, 5.41) is 11.7. The minimum atomic E-state index is -0.360. The van der Waals surface area contributed by atoms with Crippen LogP contribution in [-0.4, -0.2) is 28.6 Å². The van der Waals surface area contributed by atoms with Crippen molar-refractivity contribution in [3.63, 3.8) is 0 Å². The Labute approximate surface area is 151 Å². The first-order valence-corrected chi connectivity index (χ1v) is 9.16. The molecule has 0 bridgehead atoms. The summed E-state index contributed by atoms with van der Waals surface area (Å²) in [5.41, 5.74) is 3.86. The lowest BCUT2D eigenvalue weighted by Gasteiger charge is -2.03. The lowest BCUT2D eigenvalue weighted by molar-refractivity contribution is -0.129. The molecule has 1 aromatic carbocycles. The van der Waals surface area contributed by atoms with E-state index in [1.165, 1.54) is 16.9 Å². The molecule has 0 atom stereocenters. The predicted octanol–water partition coefficient (Wildman–Crippen LogP) is 3.30. The molecule has 25 heavy (non-hydrogen) atoms. The molecular weight excluding hydrogens is 338 g/mol. The van der Waals surface area contributed by atoms with Crippen molar-refractivity contribution in [3.05, 3.63) is 41.0 Å². The Hall–Kier alpha value is -2.25. The van der Waals surface area contributed by atoms with Crippen molar-refractivity contribution < 1.29 is 14.8 Å². The molecule has 0 saturated carbocycles. The van der Waals surface area contributed by atoms with Crippen molar-refractivity contribution in [1.29, 1.82) is 0 Å². The fourth-order valence-corrected chi connectivity index (χ4v) is 3.24. The van der Waals surface area contributed by atoms with Gasteiger partial charge in [-0.2, -0.15) is 0 Å². The van der Waals surface area contributed by atoms with Crippen LogP contribution in [0.2, 0.25) is 0 Å². The zero-order valence-electron chi connectivity index (χ0n) is 14.2. The Morgan fingerprint density at radius 3 is 2.76 bits per heavy atom. The molecule has 0 aliphatic carbocycles. The topological polar surface area (TPSA) is 91.3 Å². The molecule has 2 aromatic rings. The van der Waals surface area contributed by atoms with Gasteiger partial charge in [-0.3, -0.25) is 14.8 Å². The standard InChI is InChI=1S/C18H23N3O3S/c1-13-7-6-8-14(11-13)15-12-20-18(25-15)17(23)19-10-5-3-2-4-9-16(22)21-24/h6-8,11-12,24H,2-5,9-10H2,1H3,(H,19,23)(H,21,22). The molecule has 6 nitrogen and oxygen atoms in total. The number of unbranched alkanes of at least 4 members (excludes halogenated alkanes) is 3. The molecule has 0 aliphatic heterocycles. The molecule has 1 aromatic heterocycles. The smallest absolute Gasteiger partial charge is 0.280 e. The maximum atomic E-state index is 12.1. The number of carbonyl (C=O) groups excluding carboxylic acids is 2. The molecule has 1 heterocycles. The summed E-state index contributed by atoms with van der Waals surface area (Å²) in [7, 11) is 0. The van der Waals surface area contributed by atoms with Gasteiger partial charge in [0.25, 0.3) is 5.91 Å². The summed E-state index contributed by atoms with van der Waals surface area (Å²) < 4.78 is 0. The number of amides is 2. The SMILES string of the molecule is Cc1cccc(-c2cnc(C(=O)NCCCCCCC(=O)NO)s2)c1. The molecule has 0 saturated heterocycles. The van der Waals surface area contributed by atoms with Crippen molar-refractivity contribution in [2.75, 3.05) is 6.54 Å². The molecule has 2 rings (SSSR count).